The van der Waals surface area contributed by atoms with Crippen LogP contribution in [0.4, 0.5) is 51.8 Å². The minimum absolute atomic E-state index is 0. The van der Waals surface area contributed by atoms with Gasteiger partial charge in [-0.15, -0.1) is 0 Å². The fourth-order valence-electron chi connectivity index (χ4n) is 0.741. The van der Waals surface area contributed by atoms with E-state index < -0.39 is 21.8 Å². The normalized spacial score (nSPS) is 11.2. The summed E-state index contributed by atoms with van der Waals surface area (Å²) in [6.07, 6.45) is 8.51. The van der Waals surface area contributed by atoms with Gasteiger partial charge >= 0.3 is 38.8 Å². The van der Waals surface area contributed by atoms with Gasteiger partial charge in [0.15, 0.2) is 0 Å². The Morgan fingerprint density at radius 1 is 0.667 bits per heavy atom. The van der Waals surface area contributed by atoms with Gasteiger partial charge in [-0.3, -0.25) is 14.4 Å². The van der Waals surface area contributed by atoms with Crippen LogP contribution in [0.25, 0.3) is 0 Å². The fourth-order valence-corrected chi connectivity index (χ4v) is 0.741. The Morgan fingerprint density at radius 3 is 1.00 bits per heavy atom. The van der Waals surface area contributed by atoms with Gasteiger partial charge in [0.05, 0.1) is 7.11 Å². The largest absolute Gasteiger partial charge is 3.00 e. The van der Waals surface area contributed by atoms with Crippen molar-refractivity contribution in [2.75, 3.05) is 7.11 Å². The maximum atomic E-state index is 9.75. The summed E-state index contributed by atoms with van der Waals surface area (Å²) in [5.74, 6) is 0.997. The number of allylic oxidation sites excluding steroid dienone is 3. The van der Waals surface area contributed by atoms with Crippen molar-refractivity contribution in [3.05, 3.63) is 24.0 Å². The first kappa shape index (κ1) is 46.4. The van der Waals surface area contributed by atoms with Gasteiger partial charge in [0.25, 0.3) is 20.4 Å². The monoisotopic (exact) mass is 511 g/mol. The Labute approximate surface area is 174 Å². The average molecular weight is 510 g/mol. The third-order valence-corrected chi connectivity index (χ3v) is 1.20. The van der Waals surface area contributed by atoms with E-state index in [2.05, 4.69) is 32.5 Å². The van der Waals surface area contributed by atoms with Gasteiger partial charge in [0.2, 0.25) is 0 Å². The molecule has 1 aliphatic carbocycles. The van der Waals surface area contributed by atoms with E-state index in [0.717, 1.165) is 18.6 Å². The van der Waals surface area contributed by atoms with Gasteiger partial charge in [-0.25, -0.2) is 0 Å². The zero-order valence-electron chi connectivity index (χ0n) is 14.4. The molecule has 0 fully saturated rings. The molecule has 0 aromatic rings. The molecule has 7 radical (unpaired) electrons. The van der Waals surface area contributed by atoms with E-state index in [9.17, 15) is 51.8 Å². The van der Waals surface area contributed by atoms with Gasteiger partial charge < -0.3 is 56.5 Å². The predicted octanol–water partition coefficient (Wildman–Crippen LogP) is 4.57. The molecule has 0 amide bonds. The van der Waals surface area contributed by atoms with Crippen LogP contribution in [0.3, 0.4) is 0 Å². The van der Waals surface area contributed by atoms with E-state index >= 15 is 0 Å². The van der Waals surface area contributed by atoms with Crippen LogP contribution in [0.5, 0.6) is 0 Å². The summed E-state index contributed by atoms with van der Waals surface area (Å²) in [6, 6.07) is 0. The van der Waals surface area contributed by atoms with Crippen molar-refractivity contribution >= 4 is 42.1 Å². The Balaban J connectivity index is -0.0000000437. The van der Waals surface area contributed by atoms with Crippen LogP contribution < -0.4 is 0 Å². The topological polar surface area (TPSA) is 60.4 Å². The number of rotatable bonds is 1. The van der Waals surface area contributed by atoms with Crippen LogP contribution in [0.1, 0.15) is 12.8 Å². The molecule has 1 rings (SSSR count). The minimum Gasteiger partial charge on any atom is -0.497 e. The van der Waals surface area contributed by atoms with Gasteiger partial charge in [0.1, 0.15) is 5.76 Å². The number of hydrogen-bond donors (Lipinski definition) is 0. The minimum atomic E-state index is -6.00. The molecule has 0 aliphatic heterocycles. The molecule has 175 valence electrons. The van der Waals surface area contributed by atoms with Crippen molar-refractivity contribution in [2.45, 2.75) is 12.8 Å². The van der Waals surface area contributed by atoms with Crippen LogP contribution in [0.15, 0.2) is 24.0 Å². The van der Waals surface area contributed by atoms with E-state index in [1.807, 2.05) is 6.08 Å². The first-order valence-corrected chi connectivity index (χ1v) is 6.07. The fraction of sp³-hybridized carbons (Fsp3) is 0.300. The van der Waals surface area contributed by atoms with Crippen LogP contribution in [0.2, 0.25) is 0 Å². The van der Waals surface area contributed by atoms with Crippen molar-refractivity contribution in [1.29, 1.82) is 0 Å². The van der Waals surface area contributed by atoms with Crippen molar-refractivity contribution in [3.63, 3.8) is 0 Å². The molecule has 0 saturated carbocycles. The van der Waals surface area contributed by atoms with Crippen LogP contribution in [0, 0.1) is 0 Å². The van der Waals surface area contributed by atoms with Crippen LogP contribution in [-0.2, 0) is 36.2 Å². The van der Waals surface area contributed by atoms with E-state index in [4.69, 9.17) is 19.1 Å². The number of methoxy groups -OCH3 is 1. The van der Waals surface area contributed by atoms with E-state index in [1.54, 1.807) is 7.11 Å². The van der Waals surface area contributed by atoms with Gasteiger partial charge in [-0.1, -0.05) is 6.08 Å². The summed E-state index contributed by atoms with van der Waals surface area (Å²) in [6.45, 7) is 13.5. The number of ether oxygens (including phenoxy) is 1. The number of carbonyl (C=O) groups excluding carboxylic acids is 3. The van der Waals surface area contributed by atoms with Crippen LogP contribution in [-0.4, -0.2) is 49.2 Å². The molecule has 0 spiro atoms. The third kappa shape index (κ3) is 249. The second kappa shape index (κ2) is 29.4. The second-order valence-electron chi connectivity index (χ2n) is 3.27. The molecule has 0 saturated heterocycles. The molecule has 1 aliphatic rings. The Bertz CT molecular complexity index is 354. The number of halogens is 12. The average Bonchev–Trinajstić information content (AvgIpc) is 2.57. The predicted molar refractivity (Wildman–Crippen MR) is 81.1 cm³/mol. The van der Waals surface area contributed by atoms with Crippen molar-refractivity contribution in [1.82, 2.24) is 0 Å². The summed E-state index contributed by atoms with van der Waals surface area (Å²) in [5, 5.41) is 0. The summed E-state index contributed by atoms with van der Waals surface area (Å²) in [4.78, 5) is 22.5. The molecule has 0 bridgehead atoms. The van der Waals surface area contributed by atoms with E-state index in [1.165, 1.54) is 0 Å². The molecular weight excluding hydrogens is 500 g/mol. The Hall–Kier alpha value is -1.84. The summed E-state index contributed by atoms with van der Waals surface area (Å²) in [5.41, 5.74) is 0. The standard InChI is InChI=1S/C7H10O.3CO.3BF4.Fe/c1-8-7-5-3-2-4-6-7;3*1-2;3*2-1(3,4)5;/h3,5-6H,2,4H2,1H3;;;;;;;/q;;;;3*-1;+3. The second-order valence-corrected chi connectivity index (χ2v) is 3.27. The molecule has 0 aromatic heterocycles. The SMILES string of the molecule is COC1=CCCC=C1.F[B-](F)(F)F.F[B-](F)(F)F.F[B-](F)(F)F.[C]=O.[C]=O.[C]=O.[Fe+3]. The van der Waals surface area contributed by atoms with Crippen molar-refractivity contribution in [3.8, 4) is 0 Å². The van der Waals surface area contributed by atoms with E-state index in [0.29, 0.717) is 0 Å². The molecule has 0 atom stereocenters. The first-order valence-electron chi connectivity index (χ1n) is 6.07. The first-order chi connectivity index (χ1) is 12.9. The maximum absolute atomic E-state index is 9.75. The van der Waals surface area contributed by atoms with Crippen molar-refractivity contribution in [2.24, 2.45) is 0 Å². The Morgan fingerprint density at radius 2 is 0.900 bits per heavy atom. The van der Waals surface area contributed by atoms with Gasteiger partial charge in [-0.05, 0) is 25.0 Å². The van der Waals surface area contributed by atoms with Crippen LogP contribution >= 0.6 is 0 Å². The smallest absolute Gasteiger partial charge is 0.497 e. The molecular formula is C10H10B3F12FeO4. The van der Waals surface area contributed by atoms with E-state index in [-0.39, 0.29) is 17.1 Å². The third-order valence-electron chi connectivity index (χ3n) is 1.20. The molecule has 20 heteroatoms. The molecule has 4 nitrogen and oxygen atoms in total. The molecule has 30 heavy (non-hydrogen) atoms. The van der Waals surface area contributed by atoms with Gasteiger partial charge in [0, 0.05) is 0 Å². The number of hydrogen-bond acceptors (Lipinski definition) is 4. The summed E-state index contributed by atoms with van der Waals surface area (Å²) >= 11 is 0. The summed E-state index contributed by atoms with van der Waals surface area (Å²) in [7, 11) is -16.3. The zero-order chi connectivity index (χ0) is 25.3. The molecule has 0 unspecified atom stereocenters. The quantitative estimate of drug-likeness (QED) is 0.383. The zero-order valence-corrected chi connectivity index (χ0v) is 15.5. The Kier molecular flexibility index (Phi) is 45.4. The molecule has 0 heterocycles. The maximum Gasteiger partial charge on any atom is 3.00 e. The van der Waals surface area contributed by atoms with Crippen molar-refractivity contribution < 1.29 is 88.0 Å². The molecule has 0 N–H and O–H groups in total. The molecule has 0 aromatic carbocycles. The van der Waals surface area contributed by atoms with Gasteiger partial charge in [-0.2, -0.15) is 0 Å². The summed E-state index contributed by atoms with van der Waals surface area (Å²) < 4.78 is 122.